The van der Waals surface area contributed by atoms with Gasteiger partial charge in [0.2, 0.25) is 0 Å². The van der Waals surface area contributed by atoms with Crippen molar-refractivity contribution in [2.45, 2.75) is 0 Å². The Balaban J connectivity index is 0.00000147. The fraction of sp³-hybridized carbons (Fsp3) is 0. The highest BCUT2D eigenvalue weighted by Gasteiger charge is 2.01. The van der Waals surface area contributed by atoms with Crippen LogP contribution in [0.1, 0.15) is 0 Å². The molecule has 3 aromatic rings. The second-order valence-electron chi connectivity index (χ2n) is 4.57. The lowest BCUT2D eigenvalue weighted by atomic mass is 9.99. The highest BCUT2D eigenvalue weighted by Crippen LogP contribution is 2.27. The van der Waals surface area contributed by atoms with Crippen molar-refractivity contribution in [3.63, 3.8) is 0 Å². The van der Waals surface area contributed by atoms with Gasteiger partial charge in [0.15, 0.2) is 0 Å². The summed E-state index contributed by atoms with van der Waals surface area (Å²) in [6, 6.07) is 26.9. The van der Waals surface area contributed by atoms with Crippen LogP contribution in [0.4, 0.5) is 5.69 Å². The second-order valence-corrected chi connectivity index (χ2v) is 4.57. The van der Waals surface area contributed by atoms with Gasteiger partial charge in [-0.05, 0) is 40.5 Å². The molecule has 0 amide bonds. The van der Waals surface area contributed by atoms with Gasteiger partial charge in [0.05, 0.1) is 0 Å². The molecule has 0 spiro atoms. The molecule has 0 aliphatic carbocycles. The SMILES string of the molecule is Cl.Nc1cccc(-c2cccc(-c3ccccc3)c2)c1. The van der Waals surface area contributed by atoms with Gasteiger partial charge in [-0.15, -0.1) is 12.4 Å². The maximum absolute atomic E-state index is 5.85. The quantitative estimate of drug-likeness (QED) is 0.656. The molecule has 0 bridgehead atoms. The molecule has 0 aliphatic heterocycles. The van der Waals surface area contributed by atoms with Crippen molar-refractivity contribution >= 4 is 18.1 Å². The highest BCUT2D eigenvalue weighted by atomic mass is 35.5. The zero-order chi connectivity index (χ0) is 13.1. The van der Waals surface area contributed by atoms with Crippen LogP contribution in [0.2, 0.25) is 0 Å². The first kappa shape index (κ1) is 14.2. The van der Waals surface area contributed by atoms with Crippen LogP contribution in [0.15, 0.2) is 78.9 Å². The summed E-state index contributed by atoms with van der Waals surface area (Å²) in [5.74, 6) is 0. The molecule has 2 N–H and O–H groups in total. The molecule has 0 radical (unpaired) electrons. The third-order valence-electron chi connectivity index (χ3n) is 3.19. The van der Waals surface area contributed by atoms with Crippen LogP contribution in [-0.4, -0.2) is 0 Å². The molecule has 0 saturated carbocycles. The van der Waals surface area contributed by atoms with Gasteiger partial charge in [0, 0.05) is 5.69 Å². The minimum Gasteiger partial charge on any atom is -0.399 e. The van der Waals surface area contributed by atoms with Gasteiger partial charge in [0.1, 0.15) is 0 Å². The number of nitrogen functional groups attached to an aromatic ring is 1. The Morgan fingerprint density at radius 2 is 1.00 bits per heavy atom. The Kier molecular flexibility index (Phi) is 4.44. The molecule has 3 aromatic carbocycles. The van der Waals surface area contributed by atoms with Crippen LogP contribution in [-0.2, 0) is 0 Å². The van der Waals surface area contributed by atoms with Crippen molar-refractivity contribution in [1.82, 2.24) is 0 Å². The number of benzene rings is 3. The van der Waals surface area contributed by atoms with Crippen molar-refractivity contribution < 1.29 is 0 Å². The van der Waals surface area contributed by atoms with E-state index in [-0.39, 0.29) is 12.4 Å². The number of hydrogen-bond donors (Lipinski definition) is 1. The Labute approximate surface area is 125 Å². The van der Waals surface area contributed by atoms with Crippen molar-refractivity contribution in [3.8, 4) is 22.3 Å². The van der Waals surface area contributed by atoms with Crippen LogP contribution < -0.4 is 5.73 Å². The molecule has 100 valence electrons. The van der Waals surface area contributed by atoms with Gasteiger partial charge in [-0.2, -0.15) is 0 Å². The lowest BCUT2D eigenvalue weighted by Gasteiger charge is -2.06. The normalized spacial score (nSPS) is 9.80. The van der Waals surface area contributed by atoms with E-state index in [4.69, 9.17) is 5.73 Å². The molecular weight excluding hydrogens is 266 g/mol. The fourth-order valence-corrected chi connectivity index (χ4v) is 2.23. The molecule has 0 saturated heterocycles. The molecule has 0 fully saturated rings. The van der Waals surface area contributed by atoms with Crippen molar-refractivity contribution in [2.75, 3.05) is 5.73 Å². The van der Waals surface area contributed by atoms with Gasteiger partial charge in [0.25, 0.3) is 0 Å². The average molecular weight is 282 g/mol. The molecular formula is C18H16ClN. The molecule has 0 aliphatic rings. The summed E-state index contributed by atoms with van der Waals surface area (Å²) in [6.07, 6.45) is 0. The summed E-state index contributed by atoms with van der Waals surface area (Å²) in [7, 11) is 0. The third kappa shape index (κ3) is 3.01. The summed E-state index contributed by atoms with van der Waals surface area (Å²) in [4.78, 5) is 0. The van der Waals surface area contributed by atoms with Crippen LogP contribution in [0.3, 0.4) is 0 Å². The Hall–Kier alpha value is -2.25. The first-order chi connectivity index (χ1) is 9.33. The van der Waals surface area contributed by atoms with Crippen molar-refractivity contribution in [3.05, 3.63) is 78.9 Å². The first-order valence-electron chi connectivity index (χ1n) is 6.34. The number of nitrogens with two attached hydrogens (primary N) is 1. The first-order valence-corrected chi connectivity index (χ1v) is 6.34. The van der Waals surface area contributed by atoms with E-state index in [1.807, 2.05) is 24.3 Å². The summed E-state index contributed by atoms with van der Waals surface area (Å²) >= 11 is 0. The standard InChI is InChI=1S/C18H15N.ClH/c19-18-11-5-10-17(13-18)16-9-4-8-15(12-16)14-6-2-1-3-7-14;/h1-13H,19H2;1H. The predicted molar refractivity (Wildman–Crippen MR) is 89.0 cm³/mol. The Morgan fingerprint density at radius 3 is 1.65 bits per heavy atom. The third-order valence-corrected chi connectivity index (χ3v) is 3.19. The van der Waals surface area contributed by atoms with E-state index in [2.05, 4.69) is 54.6 Å². The van der Waals surface area contributed by atoms with Gasteiger partial charge < -0.3 is 5.73 Å². The van der Waals surface area contributed by atoms with E-state index in [0.29, 0.717) is 0 Å². The lowest BCUT2D eigenvalue weighted by molar-refractivity contribution is 1.58. The minimum atomic E-state index is 0. The maximum Gasteiger partial charge on any atom is 0.0320 e. The Bertz CT molecular complexity index is 693. The smallest absolute Gasteiger partial charge is 0.0320 e. The fourth-order valence-electron chi connectivity index (χ4n) is 2.23. The lowest BCUT2D eigenvalue weighted by Crippen LogP contribution is -1.85. The summed E-state index contributed by atoms with van der Waals surface area (Å²) in [5.41, 5.74) is 11.4. The summed E-state index contributed by atoms with van der Waals surface area (Å²) in [6.45, 7) is 0. The monoisotopic (exact) mass is 281 g/mol. The average Bonchev–Trinajstić information content (AvgIpc) is 2.48. The second kappa shape index (κ2) is 6.27. The van der Waals surface area contributed by atoms with Crippen LogP contribution in [0.5, 0.6) is 0 Å². The molecule has 1 nitrogen and oxygen atoms in total. The molecule has 3 rings (SSSR count). The number of anilines is 1. The van der Waals surface area contributed by atoms with Gasteiger partial charge in [-0.3, -0.25) is 0 Å². The largest absolute Gasteiger partial charge is 0.399 e. The van der Waals surface area contributed by atoms with Crippen LogP contribution >= 0.6 is 12.4 Å². The van der Waals surface area contributed by atoms with Gasteiger partial charge in [-0.1, -0.05) is 60.7 Å². The van der Waals surface area contributed by atoms with E-state index >= 15 is 0 Å². The van der Waals surface area contributed by atoms with Gasteiger partial charge in [-0.25, -0.2) is 0 Å². The zero-order valence-electron chi connectivity index (χ0n) is 11.0. The van der Waals surface area contributed by atoms with Crippen LogP contribution in [0.25, 0.3) is 22.3 Å². The molecule has 0 aromatic heterocycles. The molecule has 0 atom stereocenters. The number of hydrogen-bond acceptors (Lipinski definition) is 1. The Morgan fingerprint density at radius 1 is 0.500 bits per heavy atom. The summed E-state index contributed by atoms with van der Waals surface area (Å²) in [5, 5.41) is 0. The van der Waals surface area contributed by atoms with E-state index in [9.17, 15) is 0 Å². The predicted octanol–water partition coefficient (Wildman–Crippen LogP) is 5.02. The van der Waals surface area contributed by atoms with E-state index in [1.165, 1.54) is 16.7 Å². The van der Waals surface area contributed by atoms with Crippen LogP contribution in [0, 0.1) is 0 Å². The van der Waals surface area contributed by atoms with Crippen molar-refractivity contribution in [1.29, 1.82) is 0 Å². The minimum absolute atomic E-state index is 0. The maximum atomic E-state index is 5.85. The summed E-state index contributed by atoms with van der Waals surface area (Å²) < 4.78 is 0. The number of halogens is 1. The van der Waals surface area contributed by atoms with E-state index < -0.39 is 0 Å². The molecule has 20 heavy (non-hydrogen) atoms. The molecule has 0 heterocycles. The topological polar surface area (TPSA) is 26.0 Å². The highest BCUT2D eigenvalue weighted by molar-refractivity contribution is 5.85. The van der Waals surface area contributed by atoms with E-state index in [0.717, 1.165) is 11.3 Å². The molecule has 0 unspecified atom stereocenters. The van der Waals surface area contributed by atoms with Gasteiger partial charge >= 0.3 is 0 Å². The van der Waals surface area contributed by atoms with E-state index in [1.54, 1.807) is 0 Å². The molecule has 2 heteroatoms. The van der Waals surface area contributed by atoms with Crippen molar-refractivity contribution in [2.24, 2.45) is 0 Å². The number of rotatable bonds is 2. The zero-order valence-corrected chi connectivity index (χ0v) is 11.8.